The van der Waals surface area contributed by atoms with Crippen LogP contribution in [0.2, 0.25) is 0 Å². The molecule has 0 bridgehead atoms. The summed E-state index contributed by atoms with van der Waals surface area (Å²) in [6.07, 6.45) is -0.734. The Bertz CT molecular complexity index is 161. The average Bonchev–Trinajstić information content (AvgIpc) is 2.50. The number of hydrogen-bond acceptors (Lipinski definition) is 3. The van der Waals surface area contributed by atoms with E-state index in [1.54, 1.807) is 4.90 Å². The number of aliphatic hydroxyl groups excluding tert-OH is 1. The molecule has 1 unspecified atom stereocenters. The van der Waals surface area contributed by atoms with E-state index in [4.69, 9.17) is 4.74 Å². The molecule has 1 rings (SSSR count). The first-order chi connectivity index (χ1) is 6.15. The number of hydrogen-bond donors (Lipinski definition) is 1. The Morgan fingerprint density at radius 1 is 1.46 bits per heavy atom. The van der Waals surface area contributed by atoms with Gasteiger partial charge in [0.25, 0.3) is 0 Å². The van der Waals surface area contributed by atoms with E-state index in [9.17, 15) is 9.90 Å². The smallest absolute Gasteiger partial charge is 0.219 e. The van der Waals surface area contributed by atoms with Crippen LogP contribution in [0.1, 0.15) is 20.8 Å². The van der Waals surface area contributed by atoms with E-state index in [1.165, 1.54) is 14.0 Å². The van der Waals surface area contributed by atoms with E-state index in [1.807, 2.05) is 13.8 Å². The molecule has 0 aromatic rings. The maximum absolute atomic E-state index is 10.8. The number of rotatable bonds is 1. The number of carbonyl (C=O) groups is 1. The zero-order chi connectivity index (χ0) is 10.4. The van der Waals surface area contributed by atoms with Crippen molar-refractivity contribution in [2.24, 2.45) is 0 Å². The van der Waals surface area contributed by atoms with Gasteiger partial charge < -0.3 is 14.7 Å². The van der Waals surface area contributed by atoms with Crippen molar-refractivity contribution in [1.82, 2.24) is 4.90 Å². The van der Waals surface area contributed by atoms with E-state index in [2.05, 4.69) is 0 Å². The summed E-state index contributed by atoms with van der Waals surface area (Å²) in [6.45, 7) is 6.39. The number of methoxy groups -OCH3 is 1. The Balaban J connectivity index is 0.000000671. The fraction of sp³-hybridized carbons (Fsp3) is 0.889. The fourth-order valence-corrected chi connectivity index (χ4v) is 1.25. The minimum Gasteiger partial charge on any atom is -0.388 e. The Morgan fingerprint density at radius 3 is 2.23 bits per heavy atom. The second kappa shape index (κ2) is 5.94. The zero-order valence-corrected chi connectivity index (χ0v) is 8.78. The number of β-amino-alcohol motifs (C(OH)–C–C–N with tert-alkyl or cyclic N) is 1. The van der Waals surface area contributed by atoms with Crippen LogP contribution in [0.3, 0.4) is 0 Å². The third-order valence-corrected chi connectivity index (χ3v) is 1.99. The van der Waals surface area contributed by atoms with Gasteiger partial charge in [0, 0.05) is 27.1 Å². The van der Waals surface area contributed by atoms with Gasteiger partial charge in [0.2, 0.25) is 5.91 Å². The summed E-state index contributed by atoms with van der Waals surface area (Å²) in [5.74, 6) is -0.0106. The lowest BCUT2D eigenvalue weighted by Crippen LogP contribution is -2.27. The fourth-order valence-electron chi connectivity index (χ4n) is 1.25. The summed E-state index contributed by atoms with van der Waals surface area (Å²) >= 11 is 0. The van der Waals surface area contributed by atoms with Crippen LogP contribution in [0.15, 0.2) is 0 Å². The first-order valence-corrected chi connectivity index (χ1v) is 4.61. The number of likely N-dealkylation sites (tertiary alicyclic amines) is 1. The molecule has 0 aliphatic carbocycles. The molecule has 2 atom stereocenters. The quantitative estimate of drug-likeness (QED) is 0.643. The highest BCUT2D eigenvalue weighted by molar-refractivity contribution is 5.73. The molecule has 0 aromatic carbocycles. The van der Waals surface area contributed by atoms with Gasteiger partial charge in [-0.2, -0.15) is 0 Å². The lowest BCUT2D eigenvalue weighted by molar-refractivity contribution is -0.128. The van der Waals surface area contributed by atoms with Crippen molar-refractivity contribution in [3.63, 3.8) is 0 Å². The zero-order valence-electron chi connectivity index (χ0n) is 8.78. The molecule has 1 saturated heterocycles. The largest absolute Gasteiger partial charge is 0.388 e. The molecule has 4 nitrogen and oxygen atoms in total. The van der Waals surface area contributed by atoms with Gasteiger partial charge in [0.05, 0.1) is 6.10 Å². The SMILES string of the molecule is CC.COC1CN(C(C)=O)C[C@H]1O. The molecular formula is C9H19NO3. The van der Waals surface area contributed by atoms with Crippen molar-refractivity contribution >= 4 is 5.91 Å². The van der Waals surface area contributed by atoms with Crippen molar-refractivity contribution in [3.8, 4) is 0 Å². The molecule has 1 heterocycles. The first-order valence-electron chi connectivity index (χ1n) is 4.61. The molecule has 1 amide bonds. The third-order valence-electron chi connectivity index (χ3n) is 1.99. The molecule has 0 saturated carbocycles. The maximum atomic E-state index is 10.8. The highest BCUT2D eigenvalue weighted by Gasteiger charge is 2.32. The van der Waals surface area contributed by atoms with Gasteiger partial charge in [0.15, 0.2) is 0 Å². The Labute approximate surface area is 79.5 Å². The van der Waals surface area contributed by atoms with Crippen molar-refractivity contribution in [1.29, 1.82) is 0 Å². The van der Waals surface area contributed by atoms with Crippen LogP contribution >= 0.6 is 0 Å². The van der Waals surface area contributed by atoms with Gasteiger partial charge in [-0.15, -0.1) is 0 Å². The van der Waals surface area contributed by atoms with Gasteiger partial charge in [-0.1, -0.05) is 13.8 Å². The van der Waals surface area contributed by atoms with Gasteiger partial charge in [0.1, 0.15) is 6.10 Å². The molecule has 1 N–H and O–H groups in total. The molecular weight excluding hydrogens is 170 g/mol. The van der Waals surface area contributed by atoms with Crippen LogP contribution in [0.4, 0.5) is 0 Å². The molecule has 13 heavy (non-hydrogen) atoms. The van der Waals surface area contributed by atoms with Gasteiger partial charge in [-0.25, -0.2) is 0 Å². The molecule has 4 heteroatoms. The predicted octanol–water partition coefficient (Wildman–Crippen LogP) is 0.251. The molecule has 0 aromatic heterocycles. The van der Waals surface area contributed by atoms with Gasteiger partial charge >= 0.3 is 0 Å². The summed E-state index contributed by atoms with van der Waals surface area (Å²) in [5, 5.41) is 9.29. The molecule has 0 radical (unpaired) electrons. The predicted molar refractivity (Wildman–Crippen MR) is 50.4 cm³/mol. The second-order valence-electron chi connectivity index (χ2n) is 2.77. The molecule has 1 aliphatic rings. The summed E-state index contributed by atoms with van der Waals surface area (Å²) in [5.41, 5.74) is 0. The minimum atomic E-state index is -0.524. The van der Waals surface area contributed by atoms with Gasteiger partial charge in [-0.05, 0) is 0 Å². The number of amides is 1. The first kappa shape index (κ1) is 12.4. The van der Waals surface area contributed by atoms with Crippen molar-refractivity contribution < 1.29 is 14.6 Å². The highest BCUT2D eigenvalue weighted by atomic mass is 16.5. The third kappa shape index (κ3) is 3.32. The minimum absolute atomic E-state index is 0.0106. The number of ether oxygens (including phenoxy) is 1. The normalized spacial score (nSPS) is 26.7. The van der Waals surface area contributed by atoms with E-state index < -0.39 is 6.10 Å². The van der Waals surface area contributed by atoms with Crippen molar-refractivity contribution in [2.75, 3.05) is 20.2 Å². The van der Waals surface area contributed by atoms with Crippen LogP contribution in [-0.2, 0) is 9.53 Å². The summed E-state index contributed by atoms with van der Waals surface area (Å²) in [4.78, 5) is 12.4. The van der Waals surface area contributed by atoms with E-state index in [0.717, 1.165) is 0 Å². The van der Waals surface area contributed by atoms with Crippen molar-refractivity contribution in [2.45, 2.75) is 33.0 Å². The van der Waals surface area contributed by atoms with Crippen LogP contribution in [0, 0.1) is 0 Å². The molecule has 1 fully saturated rings. The van der Waals surface area contributed by atoms with Crippen LogP contribution < -0.4 is 0 Å². The van der Waals surface area contributed by atoms with Crippen LogP contribution in [0.25, 0.3) is 0 Å². The standard InChI is InChI=1S/C7H13NO3.C2H6/c1-5(9)8-3-6(10)7(4-8)11-2;1-2/h6-7,10H,3-4H2,1-2H3;1-2H3/t6-,7?;/m1./s1. The molecule has 0 spiro atoms. The topological polar surface area (TPSA) is 49.8 Å². The van der Waals surface area contributed by atoms with Crippen LogP contribution in [-0.4, -0.2) is 48.3 Å². The number of nitrogens with zero attached hydrogens (tertiary/aromatic N) is 1. The highest BCUT2D eigenvalue weighted by Crippen LogP contribution is 2.12. The van der Waals surface area contributed by atoms with Crippen LogP contribution in [0.5, 0.6) is 0 Å². The number of carbonyl (C=O) groups excluding carboxylic acids is 1. The molecule has 1 aliphatic heterocycles. The maximum Gasteiger partial charge on any atom is 0.219 e. The van der Waals surface area contributed by atoms with Crippen molar-refractivity contribution in [3.05, 3.63) is 0 Å². The monoisotopic (exact) mass is 189 g/mol. The van der Waals surface area contributed by atoms with Gasteiger partial charge in [-0.3, -0.25) is 4.79 Å². The Morgan fingerprint density at radius 2 is 2.00 bits per heavy atom. The number of aliphatic hydroxyl groups is 1. The lowest BCUT2D eigenvalue weighted by atomic mass is 10.3. The van der Waals surface area contributed by atoms with E-state index >= 15 is 0 Å². The summed E-state index contributed by atoms with van der Waals surface area (Å²) in [7, 11) is 1.54. The Hall–Kier alpha value is -0.610. The summed E-state index contributed by atoms with van der Waals surface area (Å²) < 4.78 is 4.96. The second-order valence-corrected chi connectivity index (χ2v) is 2.77. The Kier molecular flexibility index (Phi) is 5.66. The average molecular weight is 189 g/mol. The molecule has 78 valence electrons. The van der Waals surface area contributed by atoms with E-state index in [0.29, 0.717) is 13.1 Å². The summed E-state index contributed by atoms with van der Waals surface area (Å²) in [6, 6.07) is 0. The lowest BCUT2D eigenvalue weighted by Gasteiger charge is -2.11. The van der Waals surface area contributed by atoms with E-state index in [-0.39, 0.29) is 12.0 Å².